The fraction of sp³-hybridized carbons (Fsp3) is 0.733. The number of nitrogens with two attached hydrogens (primary N) is 1. The van der Waals surface area contributed by atoms with Gasteiger partial charge in [0.15, 0.2) is 5.13 Å². The molecule has 1 heterocycles. The minimum Gasteiger partial charge on any atom is -0.329 e. The van der Waals surface area contributed by atoms with Gasteiger partial charge in [0.05, 0.1) is 11.1 Å². The summed E-state index contributed by atoms with van der Waals surface area (Å²) in [5, 5.41) is 3.74. The van der Waals surface area contributed by atoms with Crippen molar-refractivity contribution < 1.29 is 4.79 Å². The highest BCUT2D eigenvalue weighted by Crippen LogP contribution is 2.33. The number of fused-ring (bicyclic) bond motifs is 1. The van der Waals surface area contributed by atoms with Crippen molar-refractivity contribution in [2.75, 3.05) is 11.9 Å². The first-order chi connectivity index (χ1) is 9.54. The highest BCUT2D eigenvalue weighted by atomic mass is 35.5. The van der Waals surface area contributed by atoms with E-state index in [2.05, 4.69) is 17.2 Å². The number of nitrogens with one attached hydrogen (secondary N) is 1. The van der Waals surface area contributed by atoms with Crippen LogP contribution in [0.15, 0.2) is 0 Å². The molecule has 3 N–H and O–H groups in total. The van der Waals surface area contributed by atoms with E-state index in [0.29, 0.717) is 6.54 Å². The van der Waals surface area contributed by atoms with Crippen LogP contribution in [0.1, 0.15) is 50.6 Å². The first-order valence-electron chi connectivity index (χ1n) is 7.54. The maximum Gasteiger partial charge on any atom is 0.233 e. The lowest BCUT2D eigenvalue weighted by atomic mass is 9.81. The third-order valence-electron chi connectivity index (χ3n) is 4.63. The van der Waals surface area contributed by atoms with Gasteiger partial charge in [-0.25, -0.2) is 4.98 Å². The van der Waals surface area contributed by atoms with E-state index in [4.69, 9.17) is 5.73 Å². The molecule has 0 radical (unpaired) electrons. The van der Waals surface area contributed by atoms with Crippen LogP contribution in [-0.4, -0.2) is 17.4 Å². The van der Waals surface area contributed by atoms with Gasteiger partial charge in [-0.15, -0.1) is 23.7 Å². The van der Waals surface area contributed by atoms with Gasteiger partial charge in [-0.05, 0) is 38.0 Å². The van der Waals surface area contributed by atoms with Crippen LogP contribution in [0.4, 0.5) is 5.13 Å². The maximum atomic E-state index is 12.5. The van der Waals surface area contributed by atoms with E-state index in [9.17, 15) is 4.79 Å². The zero-order valence-electron chi connectivity index (χ0n) is 13.1. The Balaban J connectivity index is 0.00000220. The molecule has 4 nitrogen and oxygen atoms in total. The van der Waals surface area contributed by atoms with E-state index in [-0.39, 0.29) is 18.3 Å². The normalized spacial score (nSPS) is 17.8. The minimum absolute atomic E-state index is 0. The van der Waals surface area contributed by atoms with Crippen LogP contribution >= 0.6 is 23.7 Å². The number of carbonyl (C=O) groups is 1. The zero-order chi connectivity index (χ0) is 14.8. The molecule has 0 aliphatic heterocycles. The predicted octanol–water partition coefficient (Wildman–Crippen LogP) is 3.39. The number of hydrogen-bond donors (Lipinski definition) is 2. The maximum absolute atomic E-state index is 12.5. The monoisotopic (exact) mass is 331 g/mol. The lowest BCUT2D eigenvalue weighted by molar-refractivity contribution is -0.125. The summed E-state index contributed by atoms with van der Waals surface area (Å²) in [6.45, 7) is 6.69. The Labute approximate surface area is 137 Å². The van der Waals surface area contributed by atoms with Gasteiger partial charge in [0, 0.05) is 11.4 Å². The van der Waals surface area contributed by atoms with Crippen molar-refractivity contribution in [3.8, 4) is 0 Å². The standard InChI is InChI=1S/C15H25N3OS.ClH/c1-4-15(5-2,9-16)13(19)18-14-17-11-7-6-10(3)8-12(11)20-14;/h10H,4-9,16H2,1-3H3,(H,17,18,19);1H. The number of aryl methyl sites for hydroxylation is 1. The SMILES string of the molecule is CCC(CC)(CN)C(=O)Nc1nc2c(s1)CC(C)CC2.Cl. The molecule has 1 unspecified atom stereocenters. The number of carbonyl (C=O) groups excluding carboxylic acids is 1. The van der Waals surface area contributed by atoms with E-state index in [0.717, 1.165) is 36.7 Å². The topological polar surface area (TPSA) is 68.0 Å². The van der Waals surface area contributed by atoms with Gasteiger partial charge < -0.3 is 11.1 Å². The smallest absolute Gasteiger partial charge is 0.233 e. The number of thiazole rings is 1. The van der Waals surface area contributed by atoms with Gasteiger partial charge in [-0.2, -0.15) is 0 Å². The Morgan fingerprint density at radius 2 is 2.14 bits per heavy atom. The predicted molar refractivity (Wildman–Crippen MR) is 91.3 cm³/mol. The molecule has 21 heavy (non-hydrogen) atoms. The molecule has 6 heteroatoms. The molecular weight excluding hydrogens is 306 g/mol. The number of hydrogen-bond acceptors (Lipinski definition) is 4. The van der Waals surface area contributed by atoms with Crippen molar-refractivity contribution in [2.24, 2.45) is 17.1 Å². The molecule has 1 aliphatic carbocycles. The summed E-state index contributed by atoms with van der Waals surface area (Å²) in [5.41, 5.74) is 6.54. The van der Waals surface area contributed by atoms with Crippen LogP contribution in [-0.2, 0) is 17.6 Å². The zero-order valence-corrected chi connectivity index (χ0v) is 14.7. The highest BCUT2D eigenvalue weighted by Gasteiger charge is 2.34. The molecule has 0 aromatic carbocycles. The fourth-order valence-electron chi connectivity index (χ4n) is 2.78. The van der Waals surface area contributed by atoms with E-state index in [1.54, 1.807) is 11.3 Å². The van der Waals surface area contributed by atoms with E-state index >= 15 is 0 Å². The van der Waals surface area contributed by atoms with Crippen molar-refractivity contribution in [2.45, 2.75) is 52.9 Å². The Kier molecular flexibility index (Phi) is 6.63. The van der Waals surface area contributed by atoms with Crippen LogP contribution in [0.5, 0.6) is 0 Å². The number of aromatic nitrogens is 1. The summed E-state index contributed by atoms with van der Waals surface area (Å²) in [6.07, 6.45) is 4.83. The number of anilines is 1. The summed E-state index contributed by atoms with van der Waals surface area (Å²) < 4.78 is 0. The first kappa shape index (κ1) is 18.4. The molecule has 0 bridgehead atoms. The van der Waals surface area contributed by atoms with Crippen LogP contribution < -0.4 is 11.1 Å². The van der Waals surface area contributed by atoms with Crippen LogP contribution in [0, 0.1) is 11.3 Å². The molecule has 120 valence electrons. The second-order valence-electron chi connectivity index (χ2n) is 5.88. The lowest BCUT2D eigenvalue weighted by Crippen LogP contribution is -2.41. The van der Waals surface area contributed by atoms with Crippen molar-refractivity contribution in [3.63, 3.8) is 0 Å². The van der Waals surface area contributed by atoms with Crippen LogP contribution in [0.2, 0.25) is 0 Å². The summed E-state index contributed by atoms with van der Waals surface area (Å²) in [4.78, 5) is 18.4. The second kappa shape index (κ2) is 7.56. The van der Waals surface area contributed by atoms with E-state index < -0.39 is 5.41 Å². The van der Waals surface area contributed by atoms with Crippen molar-refractivity contribution in [1.82, 2.24) is 4.98 Å². The third kappa shape index (κ3) is 3.76. The lowest BCUT2D eigenvalue weighted by Gasteiger charge is -2.27. The number of halogens is 1. The largest absolute Gasteiger partial charge is 0.329 e. The van der Waals surface area contributed by atoms with Crippen molar-refractivity contribution in [3.05, 3.63) is 10.6 Å². The molecule has 0 saturated heterocycles. The molecule has 0 saturated carbocycles. The molecule has 1 amide bonds. The van der Waals surface area contributed by atoms with Crippen LogP contribution in [0.25, 0.3) is 0 Å². The highest BCUT2D eigenvalue weighted by molar-refractivity contribution is 7.15. The van der Waals surface area contributed by atoms with Gasteiger partial charge in [0.25, 0.3) is 0 Å². The van der Waals surface area contributed by atoms with Crippen molar-refractivity contribution in [1.29, 1.82) is 0 Å². The summed E-state index contributed by atoms with van der Waals surface area (Å²) in [6, 6.07) is 0. The van der Waals surface area contributed by atoms with E-state index in [1.165, 1.54) is 17.0 Å². The minimum atomic E-state index is -0.459. The van der Waals surface area contributed by atoms with Crippen LogP contribution in [0.3, 0.4) is 0 Å². The number of nitrogens with zero attached hydrogens (tertiary/aromatic N) is 1. The Morgan fingerprint density at radius 1 is 1.48 bits per heavy atom. The molecule has 0 spiro atoms. The first-order valence-corrected chi connectivity index (χ1v) is 8.36. The quantitative estimate of drug-likeness (QED) is 0.869. The Hall–Kier alpha value is -0.650. The summed E-state index contributed by atoms with van der Waals surface area (Å²) >= 11 is 1.63. The van der Waals surface area contributed by atoms with Gasteiger partial charge in [0.2, 0.25) is 5.91 Å². The average Bonchev–Trinajstić information content (AvgIpc) is 2.82. The Bertz CT molecular complexity index is 477. The average molecular weight is 332 g/mol. The molecular formula is C15H26ClN3OS. The number of amides is 1. The van der Waals surface area contributed by atoms with Gasteiger partial charge in [0.1, 0.15) is 0 Å². The summed E-state index contributed by atoms with van der Waals surface area (Å²) in [5.74, 6) is 0.741. The summed E-state index contributed by atoms with van der Waals surface area (Å²) in [7, 11) is 0. The Morgan fingerprint density at radius 3 is 2.71 bits per heavy atom. The van der Waals surface area contributed by atoms with Gasteiger partial charge in [-0.3, -0.25) is 4.79 Å². The fourth-order valence-corrected chi connectivity index (χ4v) is 3.94. The molecule has 2 rings (SSSR count). The van der Waals surface area contributed by atoms with Gasteiger partial charge in [-0.1, -0.05) is 20.8 Å². The third-order valence-corrected chi connectivity index (χ3v) is 5.67. The molecule has 1 aromatic rings. The van der Waals surface area contributed by atoms with Gasteiger partial charge >= 0.3 is 0 Å². The number of rotatable bonds is 5. The second-order valence-corrected chi connectivity index (χ2v) is 6.97. The van der Waals surface area contributed by atoms with E-state index in [1.807, 2.05) is 13.8 Å². The molecule has 0 fully saturated rings. The van der Waals surface area contributed by atoms with Crippen molar-refractivity contribution >= 4 is 34.8 Å². The molecule has 1 aromatic heterocycles. The molecule has 1 atom stereocenters. The molecule has 1 aliphatic rings.